The molecule has 2 aromatic carbocycles. The summed E-state index contributed by atoms with van der Waals surface area (Å²) in [5, 5.41) is 7.57. The van der Waals surface area contributed by atoms with Crippen LogP contribution in [0.5, 0.6) is 11.5 Å². The number of fused-ring (bicyclic) bond motifs is 5. The SMILES string of the molecule is c1cc2cc(c1)OCCOCCOc1cccc(c1)CN[C@@H]1CCCC[C@H]1NC2. The standard InChI is InChI=1S/C24H32N2O3/c1-2-10-24-23(9-1)25-17-19-5-3-7-21(15-19)28-13-11-27-12-14-29-22-8-4-6-20(16-22)18-26-24/h3-8,15-16,23-26H,1-2,9-14,17-18H2/t23-,24-/m1/s1. The molecule has 2 N–H and O–H groups in total. The van der Waals surface area contributed by atoms with Gasteiger partial charge in [0.15, 0.2) is 0 Å². The molecule has 0 unspecified atom stereocenters. The second-order valence-electron chi connectivity index (χ2n) is 7.86. The summed E-state index contributed by atoms with van der Waals surface area (Å²) in [4.78, 5) is 0. The van der Waals surface area contributed by atoms with Gasteiger partial charge in [0.05, 0.1) is 13.2 Å². The first kappa shape index (κ1) is 20.2. The second kappa shape index (κ2) is 10.6. The van der Waals surface area contributed by atoms with Gasteiger partial charge in [0.1, 0.15) is 24.7 Å². The van der Waals surface area contributed by atoms with Gasteiger partial charge < -0.3 is 24.8 Å². The highest BCUT2D eigenvalue weighted by molar-refractivity contribution is 5.29. The largest absolute Gasteiger partial charge is 0.491 e. The van der Waals surface area contributed by atoms with Crippen LogP contribution in [0.25, 0.3) is 0 Å². The Hall–Kier alpha value is -2.08. The van der Waals surface area contributed by atoms with E-state index in [4.69, 9.17) is 14.2 Å². The summed E-state index contributed by atoms with van der Waals surface area (Å²) in [6.45, 7) is 3.92. The van der Waals surface area contributed by atoms with Gasteiger partial charge in [-0.15, -0.1) is 0 Å². The van der Waals surface area contributed by atoms with Crippen LogP contribution in [0.2, 0.25) is 0 Å². The van der Waals surface area contributed by atoms with Crippen LogP contribution in [0.4, 0.5) is 0 Å². The van der Waals surface area contributed by atoms with Crippen molar-refractivity contribution in [3.8, 4) is 11.5 Å². The molecule has 156 valence electrons. The van der Waals surface area contributed by atoms with E-state index in [1.165, 1.54) is 36.8 Å². The molecule has 0 amide bonds. The topological polar surface area (TPSA) is 51.8 Å². The second-order valence-corrected chi connectivity index (χ2v) is 7.86. The smallest absolute Gasteiger partial charge is 0.119 e. The van der Waals surface area contributed by atoms with E-state index in [0.29, 0.717) is 38.5 Å². The molecule has 0 spiro atoms. The minimum Gasteiger partial charge on any atom is -0.491 e. The molecular formula is C24H32N2O3. The van der Waals surface area contributed by atoms with Crippen LogP contribution in [0.1, 0.15) is 36.8 Å². The molecule has 0 radical (unpaired) electrons. The van der Waals surface area contributed by atoms with Crippen molar-refractivity contribution in [1.82, 2.24) is 10.6 Å². The van der Waals surface area contributed by atoms with Crippen molar-refractivity contribution in [2.24, 2.45) is 0 Å². The minimum atomic E-state index is 0.489. The molecule has 2 atom stereocenters. The summed E-state index contributed by atoms with van der Waals surface area (Å²) >= 11 is 0. The van der Waals surface area contributed by atoms with Gasteiger partial charge in [-0.2, -0.15) is 0 Å². The average molecular weight is 397 g/mol. The third-order valence-electron chi connectivity index (χ3n) is 5.69. The van der Waals surface area contributed by atoms with Crippen LogP contribution in [-0.2, 0) is 17.8 Å². The lowest BCUT2D eigenvalue weighted by Gasteiger charge is -2.33. The van der Waals surface area contributed by atoms with E-state index in [2.05, 4.69) is 47.0 Å². The molecule has 5 heteroatoms. The van der Waals surface area contributed by atoms with Crippen molar-refractivity contribution in [3.05, 3.63) is 59.7 Å². The predicted molar refractivity (Wildman–Crippen MR) is 114 cm³/mol. The maximum absolute atomic E-state index is 5.85. The molecule has 2 aromatic rings. The third kappa shape index (κ3) is 6.20. The summed E-state index contributed by atoms with van der Waals surface area (Å²) in [6, 6.07) is 17.7. The molecule has 1 fully saturated rings. The highest BCUT2D eigenvalue weighted by Crippen LogP contribution is 2.21. The lowest BCUT2D eigenvalue weighted by Crippen LogP contribution is -2.49. The van der Waals surface area contributed by atoms with Gasteiger partial charge in [0.2, 0.25) is 0 Å². The monoisotopic (exact) mass is 396 g/mol. The van der Waals surface area contributed by atoms with E-state index < -0.39 is 0 Å². The zero-order valence-corrected chi connectivity index (χ0v) is 17.1. The molecule has 1 saturated carbocycles. The molecule has 5 nitrogen and oxygen atoms in total. The fraction of sp³-hybridized carbons (Fsp3) is 0.500. The highest BCUT2D eigenvalue weighted by atomic mass is 16.5. The Morgan fingerprint density at radius 1 is 0.655 bits per heavy atom. The Bertz CT molecular complexity index is 704. The minimum absolute atomic E-state index is 0.489. The number of hydrogen-bond acceptors (Lipinski definition) is 5. The number of hydrogen-bond donors (Lipinski definition) is 2. The lowest BCUT2D eigenvalue weighted by molar-refractivity contribution is 0.0764. The van der Waals surface area contributed by atoms with Crippen molar-refractivity contribution < 1.29 is 14.2 Å². The van der Waals surface area contributed by atoms with Crippen LogP contribution < -0.4 is 20.1 Å². The van der Waals surface area contributed by atoms with E-state index in [-0.39, 0.29) is 0 Å². The van der Waals surface area contributed by atoms with E-state index in [1.54, 1.807) is 0 Å². The maximum Gasteiger partial charge on any atom is 0.119 e. The molecular weight excluding hydrogens is 364 g/mol. The first-order valence-corrected chi connectivity index (χ1v) is 10.8. The Balaban J connectivity index is 1.45. The van der Waals surface area contributed by atoms with E-state index in [1.807, 2.05) is 12.1 Å². The van der Waals surface area contributed by atoms with Crippen molar-refractivity contribution in [2.75, 3.05) is 26.4 Å². The number of rotatable bonds is 0. The molecule has 2 aliphatic rings. The van der Waals surface area contributed by atoms with Crippen LogP contribution >= 0.6 is 0 Å². The number of ether oxygens (including phenoxy) is 3. The lowest BCUT2D eigenvalue weighted by atomic mass is 9.90. The van der Waals surface area contributed by atoms with E-state index >= 15 is 0 Å². The molecule has 0 saturated heterocycles. The molecule has 0 aromatic heterocycles. The average Bonchev–Trinajstić information content (AvgIpc) is 2.76. The normalized spacial score (nSPS) is 24.0. The van der Waals surface area contributed by atoms with Crippen molar-refractivity contribution >= 4 is 0 Å². The first-order chi connectivity index (χ1) is 14.4. The molecule has 4 rings (SSSR count). The van der Waals surface area contributed by atoms with Gasteiger partial charge in [-0.25, -0.2) is 0 Å². The zero-order chi connectivity index (χ0) is 19.7. The molecule has 29 heavy (non-hydrogen) atoms. The Morgan fingerprint density at radius 3 is 1.69 bits per heavy atom. The van der Waals surface area contributed by atoms with E-state index in [0.717, 1.165) is 24.6 Å². The predicted octanol–water partition coefficient (Wildman–Crippen LogP) is 3.67. The first-order valence-electron chi connectivity index (χ1n) is 10.8. The number of benzene rings is 2. The van der Waals surface area contributed by atoms with Crippen LogP contribution in [0, 0.1) is 0 Å². The molecule has 4 bridgehead atoms. The van der Waals surface area contributed by atoms with Crippen molar-refractivity contribution in [2.45, 2.75) is 50.9 Å². The van der Waals surface area contributed by atoms with Crippen LogP contribution in [0.3, 0.4) is 0 Å². The summed E-state index contributed by atoms with van der Waals surface area (Å²) in [7, 11) is 0. The van der Waals surface area contributed by atoms with Gasteiger partial charge in [-0.3, -0.25) is 0 Å². The van der Waals surface area contributed by atoms with Gasteiger partial charge in [-0.05, 0) is 48.2 Å². The van der Waals surface area contributed by atoms with E-state index in [9.17, 15) is 0 Å². The number of nitrogens with one attached hydrogen (secondary N) is 2. The van der Waals surface area contributed by atoms with Crippen LogP contribution in [0.15, 0.2) is 48.5 Å². The third-order valence-corrected chi connectivity index (χ3v) is 5.69. The summed E-state index contributed by atoms with van der Waals surface area (Å²) in [5.74, 6) is 1.80. The summed E-state index contributed by atoms with van der Waals surface area (Å²) in [6.07, 6.45) is 5.02. The Kier molecular flexibility index (Phi) is 7.40. The van der Waals surface area contributed by atoms with Gasteiger partial charge in [0, 0.05) is 25.2 Å². The van der Waals surface area contributed by atoms with Gasteiger partial charge in [-0.1, -0.05) is 37.1 Å². The van der Waals surface area contributed by atoms with Crippen molar-refractivity contribution in [1.29, 1.82) is 0 Å². The molecule has 1 aliphatic heterocycles. The highest BCUT2D eigenvalue weighted by Gasteiger charge is 2.24. The molecule has 1 heterocycles. The van der Waals surface area contributed by atoms with Gasteiger partial charge >= 0.3 is 0 Å². The Morgan fingerprint density at radius 2 is 1.17 bits per heavy atom. The van der Waals surface area contributed by atoms with Gasteiger partial charge in [0.25, 0.3) is 0 Å². The quantitative estimate of drug-likeness (QED) is 0.712. The molecule has 1 aliphatic carbocycles. The fourth-order valence-corrected chi connectivity index (χ4v) is 4.15. The summed E-state index contributed by atoms with van der Waals surface area (Å²) in [5.41, 5.74) is 2.51. The maximum atomic E-state index is 5.85. The summed E-state index contributed by atoms with van der Waals surface area (Å²) < 4.78 is 17.3. The van der Waals surface area contributed by atoms with Crippen LogP contribution in [-0.4, -0.2) is 38.5 Å². The zero-order valence-electron chi connectivity index (χ0n) is 17.1. The van der Waals surface area contributed by atoms with Crippen molar-refractivity contribution in [3.63, 3.8) is 0 Å². The Labute approximate surface area is 173 Å². The fourth-order valence-electron chi connectivity index (χ4n) is 4.15.